The first-order valence-corrected chi connectivity index (χ1v) is 5.16. The number of ether oxygens (including phenoxy) is 1. The maximum absolute atomic E-state index is 11.5. The van der Waals surface area contributed by atoms with Crippen molar-refractivity contribution in [2.45, 2.75) is 13.8 Å². The molecule has 5 heteroatoms. The van der Waals surface area contributed by atoms with Crippen LogP contribution in [-0.2, 0) is 0 Å². The molecule has 0 bridgehead atoms. The van der Waals surface area contributed by atoms with Crippen LogP contribution in [0.5, 0.6) is 5.75 Å². The Morgan fingerprint density at radius 1 is 1.47 bits per heavy atom. The van der Waals surface area contributed by atoms with Gasteiger partial charge in [-0.15, -0.1) is 0 Å². The van der Waals surface area contributed by atoms with Gasteiger partial charge >= 0.3 is 0 Å². The fourth-order valence-electron chi connectivity index (χ4n) is 1.36. The molecule has 0 radical (unpaired) electrons. The number of benzene rings is 1. The van der Waals surface area contributed by atoms with Gasteiger partial charge < -0.3 is 4.74 Å². The topological polar surface area (TPSA) is 64.3 Å². The molecule has 0 unspecified atom stereocenters. The maximum Gasteiger partial charge on any atom is 0.268 e. The van der Waals surface area contributed by atoms with Gasteiger partial charge in [0.05, 0.1) is 12.7 Å². The molecule has 0 aliphatic heterocycles. The van der Waals surface area contributed by atoms with Crippen LogP contribution in [0.1, 0.15) is 21.5 Å². The van der Waals surface area contributed by atoms with Gasteiger partial charge in [-0.05, 0) is 31.0 Å². The van der Waals surface area contributed by atoms with E-state index >= 15 is 0 Å². The van der Waals surface area contributed by atoms with Crippen molar-refractivity contribution in [3.63, 3.8) is 0 Å². The number of hydrogen-bond acceptors (Lipinski definition) is 3. The number of rotatable bonds is 2. The number of carbonyl (C=O) groups is 1. The summed E-state index contributed by atoms with van der Waals surface area (Å²) in [5.41, 5.74) is 4.48. The Balaban J connectivity index is 3.45. The number of hydrazine groups is 1. The number of halogens is 1. The number of nitrogens with one attached hydrogen (secondary N) is 1. The van der Waals surface area contributed by atoms with Gasteiger partial charge in [-0.2, -0.15) is 0 Å². The summed E-state index contributed by atoms with van der Waals surface area (Å²) in [7, 11) is 1.53. The summed E-state index contributed by atoms with van der Waals surface area (Å²) in [5, 5.41) is 0. The van der Waals surface area contributed by atoms with Crippen molar-refractivity contribution in [2.24, 2.45) is 5.84 Å². The maximum atomic E-state index is 11.5. The highest BCUT2D eigenvalue weighted by Gasteiger charge is 2.16. The summed E-state index contributed by atoms with van der Waals surface area (Å²) in [6, 6.07) is 1.70. The highest BCUT2D eigenvalue weighted by Crippen LogP contribution is 2.31. The van der Waals surface area contributed by atoms with E-state index in [1.165, 1.54) is 7.11 Å². The van der Waals surface area contributed by atoms with Crippen LogP contribution in [-0.4, -0.2) is 13.0 Å². The second-order valence-electron chi connectivity index (χ2n) is 3.16. The van der Waals surface area contributed by atoms with E-state index in [-0.39, 0.29) is 5.91 Å². The Labute approximate surface area is 96.9 Å². The minimum absolute atomic E-state index is 0.365. The number of carbonyl (C=O) groups excluding carboxylic acids is 1. The van der Waals surface area contributed by atoms with E-state index < -0.39 is 0 Å². The summed E-state index contributed by atoms with van der Waals surface area (Å²) in [6.45, 7) is 3.85. The van der Waals surface area contributed by atoms with Gasteiger partial charge in [-0.1, -0.05) is 15.9 Å². The first kappa shape index (κ1) is 12.0. The van der Waals surface area contributed by atoms with Crippen LogP contribution in [0.4, 0.5) is 0 Å². The second kappa shape index (κ2) is 4.63. The fourth-order valence-corrected chi connectivity index (χ4v) is 1.89. The van der Waals surface area contributed by atoms with Crippen LogP contribution in [0.2, 0.25) is 0 Å². The zero-order chi connectivity index (χ0) is 11.6. The third kappa shape index (κ3) is 2.13. The summed E-state index contributed by atoms with van der Waals surface area (Å²) in [5.74, 6) is 5.28. The smallest absolute Gasteiger partial charge is 0.268 e. The molecule has 3 N–H and O–H groups in total. The zero-order valence-corrected chi connectivity index (χ0v) is 10.4. The molecule has 4 nitrogen and oxygen atoms in total. The molecule has 1 aromatic rings. The van der Waals surface area contributed by atoms with E-state index in [1.54, 1.807) is 6.07 Å². The van der Waals surface area contributed by atoms with E-state index in [2.05, 4.69) is 21.4 Å². The van der Waals surface area contributed by atoms with Crippen LogP contribution >= 0.6 is 15.9 Å². The number of methoxy groups -OCH3 is 1. The van der Waals surface area contributed by atoms with Crippen LogP contribution in [0.15, 0.2) is 10.5 Å². The van der Waals surface area contributed by atoms with Gasteiger partial charge in [0, 0.05) is 4.47 Å². The molecule has 0 fully saturated rings. The monoisotopic (exact) mass is 272 g/mol. The predicted molar refractivity (Wildman–Crippen MR) is 61.8 cm³/mol. The Morgan fingerprint density at radius 3 is 2.53 bits per heavy atom. The Morgan fingerprint density at radius 2 is 2.07 bits per heavy atom. The lowest BCUT2D eigenvalue weighted by atomic mass is 10.0. The lowest BCUT2D eigenvalue weighted by molar-refractivity contribution is 0.0950. The number of amides is 1. The van der Waals surface area contributed by atoms with Gasteiger partial charge in [0.2, 0.25) is 0 Å². The van der Waals surface area contributed by atoms with Gasteiger partial charge in [-0.25, -0.2) is 5.84 Å². The molecule has 0 spiro atoms. The van der Waals surface area contributed by atoms with Crippen molar-refractivity contribution in [1.82, 2.24) is 5.43 Å². The molecule has 0 atom stereocenters. The number of hydrogen-bond donors (Lipinski definition) is 2. The first-order valence-electron chi connectivity index (χ1n) is 4.37. The molecule has 82 valence electrons. The zero-order valence-electron chi connectivity index (χ0n) is 8.85. The number of nitrogen functional groups attached to an aromatic ring is 1. The summed E-state index contributed by atoms with van der Waals surface area (Å²) in [4.78, 5) is 11.5. The molecular formula is C10H13BrN2O2. The molecule has 0 heterocycles. The van der Waals surface area contributed by atoms with Crippen molar-refractivity contribution in [2.75, 3.05) is 7.11 Å². The Hall–Kier alpha value is -1.07. The first-order chi connectivity index (χ1) is 7.02. The summed E-state index contributed by atoms with van der Waals surface area (Å²) < 4.78 is 6.06. The lowest BCUT2D eigenvalue weighted by Gasteiger charge is -2.13. The minimum atomic E-state index is -0.365. The van der Waals surface area contributed by atoms with E-state index in [0.717, 1.165) is 15.6 Å². The van der Waals surface area contributed by atoms with Crippen molar-refractivity contribution in [3.8, 4) is 5.75 Å². The molecule has 0 saturated carbocycles. The SMILES string of the molecule is COc1c(C(=O)NN)cc(Br)c(C)c1C. The number of nitrogens with two attached hydrogens (primary N) is 1. The van der Waals surface area contributed by atoms with Gasteiger partial charge in [-0.3, -0.25) is 10.2 Å². The minimum Gasteiger partial charge on any atom is -0.496 e. The van der Waals surface area contributed by atoms with Gasteiger partial charge in [0.1, 0.15) is 5.75 Å². The Kier molecular flexibility index (Phi) is 3.71. The normalized spacial score (nSPS) is 9.93. The molecule has 0 saturated heterocycles. The highest BCUT2D eigenvalue weighted by molar-refractivity contribution is 9.10. The lowest BCUT2D eigenvalue weighted by Crippen LogP contribution is -2.30. The van der Waals surface area contributed by atoms with Crippen LogP contribution in [0.3, 0.4) is 0 Å². The molecule has 1 rings (SSSR count). The molecule has 0 aliphatic carbocycles. The summed E-state index contributed by atoms with van der Waals surface area (Å²) >= 11 is 3.38. The Bertz CT molecular complexity index is 405. The third-order valence-electron chi connectivity index (χ3n) is 2.36. The van der Waals surface area contributed by atoms with Crippen molar-refractivity contribution in [3.05, 3.63) is 27.2 Å². The average molecular weight is 273 g/mol. The predicted octanol–water partition coefficient (Wildman–Crippen LogP) is 1.68. The quantitative estimate of drug-likeness (QED) is 0.489. The van der Waals surface area contributed by atoms with E-state index in [0.29, 0.717) is 11.3 Å². The fraction of sp³-hybridized carbons (Fsp3) is 0.300. The van der Waals surface area contributed by atoms with Crippen LogP contribution < -0.4 is 16.0 Å². The highest BCUT2D eigenvalue weighted by atomic mass is 79.9. The van der Waals surface area contributed by atoms with Crippen molar-refractivity contribution < 1.29 is 9.53 Å². The molecular weight excluding hydrogens is 260 g/mol. The molecule has 15 heavy (non-hydrogen) atoms. The average Bonchev–Trinajstić information content (AvgIpc) is 2.24. The molecule has 1 amide bonds. The van der Waals surface area contributed by atoms with Gasteiger partial charge in [0.25, 0.3) is 5.91 Å². The second-order valence-corrected chi connectivity index (χ2v) is 4.02. The van der Waals surface area contributed by atoms with Crippen molar-refractivity contribution >= 4 is 21.8 Å². The molecule has 0 aliphatic rings. The van der Waals surface area contributed by atoms with E-state index in [4.69, 9.17) is 10.6 Å². The van der Waals surface area contributed by atoms with Crippen LogP contribution in [0.25, 0.3) is 0 Å². The molecule has 1 aromatic carbocycles. The van der Waals surface area contributed by atoms with E-state index in [9.17, 15) is 4.79 Å². The third-order valence-corrected chi connectivity index (χ3v) is 3.18. The molecule has 0 aromatic heterocycles. The standard InChI is InChI=1S/C10H13BrN2O2/c1-5-6(2)9(15-3)7(4-8(5)11)10(14)13-12/h4H,12H2,1-3H3,(H,13,14). The van der Waals surface area contributed by atoms with Gasteiger partial charge in [0.15, 0.2) is 0 Å². The summed E-state index contributed by atoms with van der Waals surface area (Å²) in [6.07, 6.45) is 0. The van der Waals surface area contributed by atoms with Crippen molar-refractivity contribution in [1.29, 1.82) is 0 Å². The van der Waals surface area contributed by atoms with E-state index in [1.807, 2.05) is 13.8 Å². The van der Waals surface area contributed by atoms with Crippen LogP contribution in [0, 0.1) is 13.8 Å². The largest absolute Gasteiger partial charge is 0.496 e.